The lowest BCUT2D eigenvalue weighted by atomic mass is 9.81. The van der Waals surface area contributed by atoms with Gasteiger partial charge in [-0.25, -0.2) is 0 Å². The topological polar surface area (TPSA) is 52.9 Å². The van der Waals surface area contributed by atoms with Crippen molar-refractivity contribution in [2.75, 3.05) is 11.3 Å². The lowest BCUT2D eigenvalue weighted by molar-refractivity contribution is -0.113. The van der Waals surface area contributed by atoms with E-state index in [0.717, 1.165) is 21.4 Å². The van der Waals surface area contributed by atoms with E-state index in [1.54, 1.807) is 29.6 Å². The molecule has 1 aromatic carbocycles. The molecule has 0 amide bonds. The molecule has 0 fully saturated rings. The highest BCUT2D eigenvalue weighted by atomic mass is 35.5. The van der Waals surface area contributed by atoms with Crippen LogP contribution in [-0.4, -0.2) is 17.1 Å². The number of nitrogens with zero attached hydrogens (tertiary/aromatic N) is 1. The molecule has 1 N–H and O–H groups in total. The molecule has 120 valence electrons. The summed E-state index contributed by atoms with van der Waals surface area (Å²) in [5.41, 5.74) is 2.72. The van der Waals surface area contributed by atoms with Gasteiger partial charge in [0.25, 0.3) is 0 Å². The van der Waals surface area contributed by atoms with Crippen molar-refractivity contribution >= 4 is 40.9 Å². The van der Waals surface area contributed by atoms with Gasteiger partial charge in [0.05, 0.1) is 22.6 Å². The molecule has 6 heteroatoms. The highest BCUT2D eigenvalue weighted by Crippen LogP contribution is 2.43. The van der Waals surface area contributed by atoms with E-state index >= 15 is 0 Å². The number of dihydropyridines is 1. The number of nitriles is 1. The van der Waals surface area contributed by atoms with E-state index in [-0.39, 0.29) is 5.78 Å². The fourth-order valence-corrected chi connectivity index (χ4v) is 4.36. The van der Waals surface area contributed by atoms with Gasteiger partial charge >= 0.3 is 0 Å². The Balaban J connectivity index is 2.64. The van der Waals surface area contributed by atoms with Crippen LogP contribution >= 0.6 is 35.1 Å². The van der Waals surface area contributed by atoms with Gasteiger partial charge in [0.2, 0.25) is 0 Å². The van der Waals surface area contributed by atoms with E-state index in [4.69, 9.17) is 11.6 Å². The summed E-state index contributed by atoms with van der Waals surface area (Å²) in [6.07, 6.45) is 2.01. The second kappa shape index (κ2) is 7.96. The molecule has 1 heterocycles. The number of Topliss-reactive ketones (excluding diaryl/α,β-unsaturated/α-hetero) is 1. The van der Waals surface area contributed by atoms with E-state index in [9.17, 15) is 10.1 Å². The number of allylic oxidation sites excluding steroid dienone is 3. The maximum atomic E-state index is 12.2. The maximum Gasteiger partial charge on any atom is 0.158 e. The summed E-state index contributed by atoms with van der Waals surface area (Å²) < 4.78 is 0. The molecule has 0 saturated carbocycles. The monoisotopic (exact) mass is 364 g/mol. The van der Waals surface area contributed by atoms with E-state index in [2.05, 4.69) is 11.4 Å². The summed E-state index contributed by atoms with van der Waals surface area (Å²) in [6.45, 7) is 3.40. The van der Waals surface area contributed by atoms with Crippen LogP contribution in [0.1, 0.15) is 25.3 Å². The molecule has 0 spiro atoms. The normalized spacial score (nSPS) is 17.8. The van der Waals surface area contributed by atoms with Crippen molar-refractivity contribution in [1.82, 2.24) is 5.32 Å². The molecule has 23 heavy (non-hydrogen) atoms. The van der Waals surface area contributed by atoms with E-state index < -0.39 is 5.92 Å². The average molecular weight is 365 g/mol. The number of rotatable bonds is 5. The van der Waals surface area contributed by atoms with Gasteiger partial charge in [-0.3, -0.25) is 4.79 Å². The molecule has 1 atom stereocenters. The number of benzene rings is 1. The molecule has 1 aromatic rings. The summed E-state index contributed by atoms with van der Waals surface area (Å²) in [5.74, 6) is -0.474. The molecule has 2 rings (SSSR count). The molecule has 0 saturated heterocycles. The number of carbonyl (C=O) groups excluding carboxylic acids is 1. The average Bonchev–Trinajstić information content (AvgIpc) is 2.52. The Morgan fingerprint density at radius 3 is 2.70 bits per heavy atom. The summed E-state index contributed by atoms with van der Waals surface area (Å²) in [5, 5.41) is 15.1. The first-order chi connectivity index (χ1) is 11.0. The number of carbonyl (C=O) groups is 1. The van der Waals surface area contributed by atoms with Crippen molar-refractivity contribution in [3.63, 3.8) is 0 Å². The van der Waals surface area contributed by atoms with Crippen LogP contribution in [0.4, 0.5) is 0 Å². The predicted octanol–water partition coefficient (Wildman–Crippen LogP) is 4.68. The molecule has 0 radical (unpaired) electrons. The van der Waals surface area contributed by atoms with Crippen molar-refractivity contribution in [3.8, 4) is 6.07 Å². The molecule has 1 aliphatic rings. The summed E-state index contributed by atoms with van der Waals surface area (Å²) >= 11 is 9.61. The molecule has 0 bridgehead atoms. The van der Waals surface area contributed by atoms with Gasteiger partial charge in [0.1, 0.15) is 0 Å². The minimum Gasteiger partial charge on any atom is -0.353 e. The Kier molecular flexibility index (Phi) is 6.23. The number of ketones is 1. The summed E-state index contributed by atoms with van der Waals surface area (Å²) in [6, 6.07) is 9.67. The van der Waals surface area contributed by atoms with Crippen LogP contribution in [0.3, 0.4) is 0 Å². The minimum absolute atomic E-state index is 0.0541. The lowest BCUT2D eigenvalue weighted by Gasteiger charge is -2.29. The molecule has 0 aromatic heterocycles. The third kappa shape index (κ3) is 3.77. The Morgan fingerprint density at radius 1 is 1.43 bits per heavy atom. The number of halogens is 1. The number of thioether (sulfide) groups is 2. The Bertz CT molecular complexity index is 734. The number of hydrogen-bond acceptors (Lipinski definition) is 5. The van der Waals surface area contributed by atoms with Crippen LogP contribution < -0.4 is 5.32 Å². The van der Waals surface area contributed by atoms with Gasteiger partial charge < -0.3 is 5.32 Å². The highest BCUT2D eigenvalue weighted by Gasteiger charge is 2.33. The second-order valence-electron chi connectivity index (χ2n) is 5.08. The standard InChI is InChI=1S/C17H17ClN2OS2/c1-10-15(11(2)21)16(12-6-4-5-7-14(12)18)13(8-19)17(20-10)23-9-22-3/h4-7,16,20H,9H2,1-3H3/t16-/m1/s1. The Morgan fingerprint density at radius 2 is 2.13 bits per heavy atom. The molecular weight excluding hydrogens is 348 g/mol. The fourth-order valence-electron chi connectivity index (χ4n) is 2.63. The van der Waals surface area contributed by atoms with Gasteiger partial charge in [0, 0.05) is 21.4 Å². The zero-order valence-electron chi connectivity index (χ0n) is 13.1. The zero-order chi connectivity index (χ0) is 17.0. The van der Waals surface area contributed by atoms with Crippen LogP contribution in [0.2, 0.25) is 5.02 Å². The summed E-state index contributed by atoms with van der Waals surface area (Å²) in [7, 11) is 0. The quantitative estimate of drug-likeness (QED) is 0.769. The van der Waals surface area contributed by atoms with Gasteiger partial charge in [-0.1, -0.05) is 41.6 Å². The third-order valence-electron chi connectivity index (χ3n) is 3.56. The van der Waals surface area contributed by atoms with Crippen LogP contribution in [0, 0.1) is 11.3 Å². The van der Waals surface area contributed by atoms with Gasteiger partial charge in [-0.05, 0) is 31.7 Å². The molecule has 3 nitrogen and oxygen atoms in total. The molecular formula is C17H17ClN2OS2. The first kappa shape index (κ1) is 18.0. The van der Waals surface area contributed by atoms with Crippen molar-refractivity contribution < 1.29 is 4.79 Å². The van der Waals surface area contributed by atoms with Crippen LogP contribution in [0.25, 0.3) is 0 Å². The van der Waals surface area contributed by atoms with Gasteiger partial charge in [0.15, 0.2) is 5.78 Å². The molecule has 1 aliphatic heterocycles. The lowest BCUT2D eigenvalue weighted by Crippen LogP contribution is -2.27. The van der Waals surface area contributed by atoms with Crippen molar-refractivity contribution in [3.05, 3.63) is 56.7 Å². The first-order valence-electron chi connectivity index (χ1n) is 7.00. The van der Waals surface area contributed by atoms with E-state index in [1.165, 1.54) is 6.92 Å². The summed E-state index contributed by atoms with van der Waals surface area (Å²) in [4.78, 5) is 12.2. The third-order valence-corrected chi connectivity index (χ3v) is 5.93. The molecule has 0 unspecified atom stereocenters. The smallest absolute Gasteiger partial charge is 0.158 e. The number of nitrogens with one attached hydrogen (secondary N) is 1. The zero-order valence-corrected chi connectivity index (χ0v) is 15.5. The Labute approximate surface area is 150 Å². The first-order valence-corrected chi connectivity index (χ1v) is 9.76. The minimum atomic E-state index is -0.420. The highest BCUT2D eigenvalue weighted by molar-refractivity contribution is 8.17. The second-order valence-corrected chi connectivity index (χ2v) is 7.70. The van der Waals surface area contributed by atoms with Gasteiger partial charge in [-0.2, -0.15) is 17.0 Å². The van der Waals surface area contributed by atoms with E-state index in [0.29, 0.717) is 16.2 Å². The fraction of sp³-hybridized carbons (Fsp3) is 0.294. The van der Waals surface area contributed by atoms with Crippen LogP contribution in [0.15, 0.2) is 46.1 Å². The largest absolute Gasteiger partial charge is 0.353 e. The molecule has 0 aliphatic carbocycles. The van der Waals surface area contributed by atoms with E-state index in [1.807, 2.05) is 31.4 Å². The van der Waals surface area contributed by atoms with Gasteiger partial charge in [-0.15, -0.1) is 0 Å². The predicted molar refractivity (Wildman–Crippen MR) is 99.3 cm³/mol. The maximum absolute atomic E-state index is 12.2. The van der Waals surface area contributed by atoms with Crippen molar-refractivity contribution in [1.29, 1.82) is 5.26 Å². The van der Waals surface area contributed by atoms with Crippen molar-refractivity contribution in [2.45, 2.75) is 19.8 Å². The van der Waals surface area contributed by atoms with Crippen LogP contribution in [0.5, 0.6) is 0 Å². The number of hydrogen-bond donors (Lipinski definition) is 1. The SMILES string of the molecule is CSCSC1=C(C#N)[C@@H](c2ccccc2Cl)C(C(C)=O)=C(C)N1. The Hall–Kier alpha value is -1.35. The van der Waals surface area contributed by atoms with Crippen molar-refractivity contribution in [2.24, 2.45) is 0 Å². The van der Waals surface area contributed by atoms with Crippen LogP contribution in [-0.2, 0) is 4.79 Å².